The number of benzene rings is 2. The first kappa shape index (κ1) is 20.5. The molecule has 1 fully saturated rings. The predicted octanol–water partition coefficient (Wildman–Crippen LogP) is 3.83. The van der Waals surface area contributed by atoms with Crippen LogP contribution in [-0.4, -0.2) is 38.7 Å². The Balaban J connectivity index is 1.35. The van der Waals surface area contributed by atoms with Gasteiger partial charge in [0.2, 0.25) is 5.91 Å². The molecule has 0 bridgehead atoms. The van der Waals surface area contributed by atoms with Gasteiger partial charge in [-0.2, -0.15) is 5.10 Å². The molecule has 3 aromatic rings. The number of aryl methyl sites for hydroxylation is 1. The van der Waals surface area contributed by atoms with Crippen LogP contribution in [0, 0.1) is 11.7 Å². The number of aromatic nitrogens is 3. The van der Waals surface area contributed by atoms with E-state index in [0.29, 0.717) is 17.1 Å². The van der Waals surface area contributed by atoms with Crippen molar-refractivity contribution in [1.29, 1.82) is 0 Å². The fourth-order valence-electron chi connectivity index (χ4n) is 3.83. The average molecular weight is 422 g/mol. The number of carbonyl (C=O) groups is 1. The summed E-state index contributed by atoms with van der Waals surface area (Å²) in [5.74, 6) is 0.577. The maximum absolute atomic E-state index is 12.6. The maximum atomic E-state index is 12.6. The van der Waals surface area contributed by atoms with Crippen LogP contribution in [0.5, 0.6) is 0 Å². The highest BCUT2D eigenvalue weighted by Crippen LogP contribution is 2.18. The van der Waals surface area contributed by atoms with Crippen molar-refractivity contribution in [3.05, 3.63) is 70.0 Å². The summed E-state index contributed by atoms with van der Waals surface area (Å²) >= 11 is 5.34. The number of hydrogen-bond donors (Lipinski definition) is 2. The molecule has 30 heavy (non-hydrogen) atoms. The molecule has 2 heterocycles. The smallest absolute Gasteiger partial charge is 0.240 e. The minimum Gasteiger partial charge on any atom is -0.350 e. The summed E-state index contributed by atoms with van der Waals surface area (Å²) in [4.78, 5) is 15.0. The van der Waals surface area contributed by atoms with Crippen molar-refractivity contribution < 1.29 is 4.79 Å². The van der Waals surface area contributed by atoms with Crippen molar-refractivity contribution in [3.8, 4) is 11.4 Å². The van der Waals surface area contributed by atoms with Crippen LogP contribution in [0.15, 0.2) is 48.5 Å². The van der Waals surface area contributed by atoms with Gasteiger partial charge in [-0.25, -0.2) is 0 Å². The van der Waals surface area contributed by atoms with Crippen LogP contribution >= 0.6 is 12.2 Å². The Bertz CT molecular complexity index is 1060. The first-order chi connectivity index (χ1) is 14.6. The molecule has 2 N–H and O–H groups in total. The van der Waals surface area contributed by atoms with Crippen LogP contribution in [-0.2, 0) is 24.4 Å². The van der Waals surface area contributed by atoms with E-state index in [4.69, 9.17) is 12.2 Å². The van der Waals surface area contributed by atoms with E-state index < -0.39 is 0 Å². The fourth-order valence-corrected chi connectivity index (χ4v) is 4.03. The molecule has 2 aromatic carbocycles. The van der Waals surface area contributed by atoms with Crippen LogP contribution in [0.1, 0.15) is 29.5 Å². The van der Waals surface area contributed by atoms with E-state index in [1.165, 1.54) is 31.5 Å². The van der Waals surface area contributed by atoms with Gasteiger partial charge in [-0.3, -0.25) is 19.4 Å². The summed E-state index contributed by atoms with van der Waals surface area (Å²) in [5.41, 5.74) is 4.47. The molecule has 0 saturated carbocycles. The molecule has 156 valence electrons. The van der Waals surface area contributed by atoms with E-state index in [2.05, 4.69) is 44.7 Å². The molecule has 0 atom stereocenters. The van der Waals surface area contributed by atoms with Crippen LogP contribution in [0.2, 0.25) is 0 Å². The number of nitrogens with zero attached hydrogens (tertiary/aromatic N) is 3. The highest BCUT2D eigenvalue weighted by molar-refractivity contribution is 7.71. The molecule has 1 saturated heterocycles. The van der Waals surface area contributed by atoms with Crippen molar-refractivity contribution in [1.82, 2.24) is 25.0 Å². The molecular formula is C23H27N5OS. The average Bonchev–Trinajstić information content (AvgIpc) is 3.38. The Morgan fingerprint density at radius 2 is 1.87 bits per heavy atom. The molecule has 7 heteroatoms. The Morgan fingerprint density at radius 3 is 2.60 bits per heavy atom. The number of hydrogen-bond acceptors (Lipinski definition) is 4. The zero-order chi connectivity index (χ0) is 20.9. The summed E-state index contributed by atoms with van der Waals surface area (Å²) in [6.07, 6.45) is 2.60. The van der Waals surface area contributed by atoms with Crippen molar-refractivity contribution in [2.24, 2.45) is 0 Å². The highest BCUT2D eigenvalue weighted by atomic mass is 32.1. The van der Waals surface area contributed by atoms with E-state index in [9.17, 15) is 4.79 Å². The van der Waals surface area contributed by atoms with Gasteiger partial charge < -0.3 is 5.32 Å². The van der Waals surface area contributed by atoms with Gasteiger partial charge >= 0.3 is 0 Å². The van der Waals surface area contributed by atoms with Gasteiger partial charge in [-0.1, -0.05) is 48.0 Å². The number of H-pyrrole nitrogens is 1. The third-order valence-corrected chi connectivity index (χ3v) is 5.77. The SMILES string of the molecule is Cc1cccc(-c2n[nH]c(=S)n2CC(=O)NCc2ccc(CN3CCCC3)cc2)c1. The standard InChI is InChI=1S/C23H27N5OS/c1-17-5-4-6-20(13-17)22-25-26-23(30)28(22)16-21(29)24-14-18-7-9-19(10-8-18)15-27-11-2-3-12-27/h4-10,13H,2-3,11-12,14-16H2,1H3,(H,24,29)(H,26,30). The maximum Gasteiger partial charge on any atom is 0.240 e. The van der Waals surface area contributed by atoms with Gasteiger partial charge in [-0.05, 0) is 62.3 Å². The van der Waals surface area contributed by atoms with Crippen LogP contribution < -0.4 is 5.32 Å². The first-order valence-corrected chi connectivity index (χ1v) is 10.8. The number of rotatable bonds is 7. The zero-order valence-electron chi connectivity index (χ0n) is 17.2. The van der Waals surface area contributed by atoms with Crippen molar-refractivity contribution in [2.45, 2.75) is 39.4 Å². The van der Waals surface area contributed by atoms with Crippen molar-refractivity contribution in [3.63, 3.8) is 0 Å². The largest absolute Gasteiger partial charge is 0.350 e. The van der Waals surface area contributed by atoms with Gasteiger partial charge in [-0.15, -0.1) is 0 Å². The second-order valence-corrected chi connectivity index (χ2v) is 8.27. The lowest BCUT2D eigenvalue weighted by Crippen LogP contribution is -2.27. The molecule has 1 aliphatic heterocycles. The first-order valence-electron chi connectivity index (χ1n) is 10.4. The Hall–Kier alpha value is -2.77. The summed E-state index contributed by atoms with van der Waals surface area (Å²) < 4.78 is 2.17. The molecule has 1 aliphatic rings. The third-order valence-electron chi connectivity index (χ3n) is 5.45. The van der Waals surface area contributed by atoms with Crippen LogP contribution in [0.4, 0.5) is 0 Å². The lowest BCUT2D eigenvalue weighted by atomic mass is 10.1. The number of amides is 1. The number of aromatic amines is 1. The molecule has 0 unspecified atom stereocenters. The van der Waals surface area contributed by atoms with Gasteiger partial charge in [0.25, 0.3) is 0 Å². The van der Waals surface area contributed by atoms with Crippen LogP contribution in [0.3, 0.4) is 0 Å². The van der Waals surface area contributed by atoms with Crippen molar-refractivity contribution in [2.75, 3.05) is 13.1 Å². The van der Waals surface area contributed by atoms with E-state index in [1.54, 1.807) is 4.57 Å². The van der Waals surface area contributed by atoms with E-state index in [1.807, 2.05) is 31.2 Å². The van der Waals surface area contributed by atoms with Gasteiger partial charge in [0.1, 0.15) is 6.54 Å². The lowest BCUT2D eigenvalue weighted by Gasteiger charge is -2.14. The fraction of sp³-hybridized carbons (Fsp3) is 0.348. The van der Waals surface area contributed by atoms with E-state index >= 15 is 0 Å². The van der Waals surface area contributed by atoms with Crippen molar-refractivity contribution >= 4 is 18.1 Å². The molecule has 0 spiro atoms. The summed E-state index contributed by atoms with van der Waals surface area (Å²) in [6, 6.07) is 16.5. The molecule has 1 aromatic heterocycles. The molecule has 1 amide bonds. The van der Waals surface area contributed by atoms with Gasteiger partial charge in [0, 0.05) is 18.7 Å². The Morgan fingerprint density at radius 1 is 1.13 bits per heavy atom. The molecule has 0 radical (unpaired) electrons. The molecule has 0 aliphatic carbocycles. The molecule has 6 nitrogen and oxygen atoms in total. The van der Waals surface area contributed by atoms with Gasteiger partial charge in [0.15, 0.2) is 10.6 Å². The number of carbonyl (C=O) groups excluding carboxylic acids is 1. The number of nitrogens with one attached hydrogen (secondary N) is 2. The normalized spacial score (nSPS) is 14.2. The second-order valence-electron chi connectivity index (χ2n) is 7.88. The Labute approximate surface area is 181 Å². The highest BCUT2D eigenvalue weighted by Gasteiger charge is 2.13. The summed E-state index contributed by atoms with van der Waals surface area (Å²) in [5, 5.41) is 10.1. The monoisotopic (exact) mass is 421 g/mol. The summed E-state index contributed by atoms with van der Waals surface area (Å²) in [7, 11) is 0. The topological polar surface area (TPSA) is 66.0 Å². The predicted molar refractivity (Wildman–Crippen MR) is 120 cm³/mol. The number of likely N-dealkylation sites (tertiary alicyclic amines) is 1. The van der Waals surface area contributed by atoms with Crippen LogP contribution in [0.25, 0.3) is 11.4 Å². The lowest BCUT2D eigenvalue weighted by molar-refractivity contribution is -0.121. The minimum atomic E-state index is -0.0949. The Kier molecular flexibility index (Phi) is 6.40. The second kappa shape index (κ2) is 9.36. The van der Waals surface area contributed by atoms with Gasteiger partial charge in [0.05, 0.1) is 0 Å². The third kappa shape index (κ3) is 5.04. The minimum absolute atomic E-state index is 0.0949. The molecular weight excluding hydrogens is 394 g/mol. The van der Waals surface area contributed by atoms with E-state index in [0.717, 1.165) is 23.2 Å². The zero-order valence-corrected chi connectivity index (χ0v) is 18.0. The van der Waals surface area contributed by atoms with E-state index in [-0.39, 0.29) is 12.5 Å². The molecule has 4 rings (SSSR count). The summed E-state index contributed by atoms with van der Waals surface area (Å²) in [6.45, 7) is 6.04. The quantitative estimate of drug-likeness (QED) is 0.569.